The van der Waals surface area contributed by atoms with Gasteiger partial charge in [-0.25, -0.2) is 13.2 Å². The van der Waals surface area contributed by atoms with Crippen molar-refractivity contribution in [2.45, 2.75) is 39.0 Å². The lowest BCUT2D eigenvalue weighted by Gasteiger charge is -2.17. The van der Waals surface area contributed by atoms with Crippen molar-refractivity contribution in [3.05, 3.63) is 48.0 Å². The zero-order chi connectivity index (χ0) is 24.6. The van der Waals surface area contributed by atoms with Crippen molar-refractivity contribution in [3.8, 4) is 11.6 Å². The lowest BCUT2D eigenvalue weighted by atomic mass is 9.98. The molecule has 0 amide bonds. The fraction of sp³-hybridized carbons (Fsp3) is 0.304. The second kappa shape index (κ2) is 8.78. The van der Waals surface area contributed by atoms with Gasteiger partial charge in [-0.2, -0.15) is 0 Å². The molecule has 33 heavy (non-hydrogen) atoms. The summed E-state index contributed by atoms with van der Waals surface area (Å²) in [7, 11) is -2.46. The van der Waals surface area contributed by atoms with Gasteiger partial charge in [-0.05, 0) is 63.2 Å². The van der Waals surface area contributed by atoms with Crippen molar-refractivity contribution >= 4 is 38.4 Å². The number of sulfonamides is 1. The molecule has 0 atom stereocenters. The van der Waals surface area contributed by atoms with E-state index in [1.807, 2.05) is 0 Å². The highest BCUT2D eigenvalue weighted by Gasteiger charge is 2.29. The molecule has 0 saturated heterocycles. The molecule has 0 aliphatic rings. The summed E-state index contributed by atoms with van der Waals surface area (Å²) in [5, 5.41) is 11.0. The van der Waals surface area contributed by atoms with Crippen LogP contribution in [0.1, 0.15) is 44.5 Å². The maximum absolute atomic E-state index is 12.8. The smallest absolute Gasteiger partial charge is 0.338 e. The molecule has 0 aliphatic carbocycles. The Morgan fingerprint density at radius 3 is 2.27 bits per heavy atom. The van der Waals surface area contributed by atoms with Crippen LogP contribution in [-0.2, 0) is 14.8 Å². The average molecular weight is 475 g/mol. The van der Waals surface area contributed by atoms with Crippen LogP contribution in [0.25, 0.3) is 10.9 Å². The van der Waals surface area contributed by atoms with Gasteiger partial charge in [-0.1, -0.05) is 6.92 Å². The first-order valence-electron chi connectivity index (χ1n) is 10.2. The number of nitrogens with zero attached hydrogens (tertiary/aromatic N) is 1. The number of ether oxygens (including phenoxy) is 1. The third-order valence-corrected chi connectivity index (χ3v) is 6.31. The van der Waals surface area contributed by atoms with Gasteiger partial charge in [0.2, 0.25) is 5.88 Å². The summed E-state index contributed by atoms with van der Waals surface area (Å²) in [5.74, 6) is -1.01. The Bertz CT molecular complexity index is 1320. The van der Waals surface area contributed by atoms with Gasteiger partial charge in [0.25, 0.3) is 10.0 Å². The molecule has 0 unspecified atom stereocenters. The minimum atomic E-state index is -3.94. The molecule has 9 nitrogen and oxygen atoms in total. The van der Waals surface area contributed by atoms with Gasteiger partial charge in [-0.3, -0.25) is 9.52 Å². The molecule has 2 aromatic carbocycles. The number of aromatic hydroxyl groups is 1. The maximum Gasteiger partial charge on any atom is 0.338 e. The van der Waals surface area contributed by atoms with Gasteiger partial charge in [0, 0.05) is 11.8 Å². The van der Waals surface area contributed by atoms with Crippen LogP contribution < -0.4 is 14.3 Å². The Morgan fingerprint density at radius 1 is 1.09 bits per heavy atom. The number of Topliss-reactive ketones (excluding diaryl/α,β-unsaturated/α-hetero) is 1. The van der Waals surface area contributed by atoms with Crippen molar-refractivity contribution in [3.63, 3.8) is 0 Å². The zero-order valence-electron chi connectivity index (χ0n) is 19.0. The third-order valence-electron chi connectivity index (χ3n) is 4.91. The fourth-order valence-corrected chi connectivity index (χ4v) is 4.09. The molecule has 0 saturated carbocycles. The molecule has 0 fully saturated rings. The highest BCUT2D eigenvalue weighted by atomic mass is 32.2. The van der Waals surface area contributed by atoms with E-state index in [0.29, 0.717) is 11.1 Å². The van der Waals surface area contributed by atoms with Crippen LogP contribution in [0.2, 0.25) is 0 Å². The van der Waals surface area contributed by atoms with Gasteiger partial charge < -0.3 is 14.7 Å². The summed E-state index contributed by atoms with van der Waals surface area (Å²) in [5.41, 5.74) is -0.569. The number of hydrogen-bond acceptors (Lipinski definition) is 7. The molecule has 0 aliphatic heterocycles. The van der Waals surface area contributed by atoms with Crippen molar-refractivity contribution < 1.29 is 32.7 Å². The number of aromatic nitrogens is 1. The molecule has 10 heteroatoms. The van der Waals surface area contributed by atoms with Crippen LogP contribution in [0.5, 0.6) is 11.6 Å². The van der Waals surface area contributed by atoms with Gasteiger partial charge in [0.1, 0.15) is 5.75 Å². The van der Waals surface area contributed by atoms with Crippen LogP contribution in [-0.4, -0.2) is 37.1 Å². The number of ketones is 1. The molecule has 3 rings (SSSR count). The Hall–Kier alpha value is -3.53. The van der Waals surface area contributed by atoms with Crippen LogP contribution in [0.4, 0.5) is 5.69 Å². The Kier molecular flexibility index (Phi) is 6.42. The maximum atomic E-state index is 12.8. The van der Waals surface area contributed by atoms with Gasteiger partial charge in [-0.15, -0.1) is 4.73 Å². The quantitative estimate of drug-likeness (QED) is 0.500. The standard InChI is InChI=1S/C23H26N2O7S/c1-6-19(26)20-17-12-7-14(24-33(29,30)16-10-8-15(31-5)9-11-16)13-18(17)25(21(20)27)32-22(28)23(2,3)4/h7-13,24,27H,6H2,1-5H3. The van der Waals surface area contributed by atoms with E-state index in [1.165, 1.54) is 49.6 Å². The van der Waals surface area contributed by atoms with Crippen LogP contribution in [0.15, 0.2) is 47.4 Å². The van der Waals surface area contributed by atoms with Crippen LogP contribution in [0, 0.1) is 5.41 Å². The molecule has 2 N–H and O–H groups in total. The minimum absolute atomic E-state index is 0.00114. The van der Waals surface area contributed by atoms with Crippen LogP contribution >= 0.6 is 0 Å². The number of rotatable bonds is 7. The Morgan fingerprint density at radius 2 is 1.73 bits per heavy atom. The van der Waals surface area contributed by atoms with Crippen LogP contribution in [0.3, 0.4) is 0 Å². The molecular formula is C23H26N2O7S. The second-order valence-electron chi connectivity index (χ2n) is 8.41. The highest BCUT2D eigenvalue weighted by molar-refractivity contribution is 7.92. The second-order valence-corrected chi connectivity index (χ2v) is 10.1. The average Bonchev–Trinajstić information content (AvgIpc) is 3.03. The molecule has 3 aromatic rings. The van der Waals surface area contributed by atoms with E-state index in [1.54, 1.807) is 27.7 Å². The van der Waals surface area contributed by atoms with Crippen molar-refractivity contribution in [1.82, 2.24) is 4.73 Å². The lowest BCUT2D eigenvalue weighted by molar-refractivity contribution is -0.153. The highest BCUT2D eigenvalue weighted by Crippen LogP contribution is 2.34. The fourth-order valence-electron chi connectivity index (χ4n) is 3.04. The van der Waals surface area contributed by atoms with Crippen molar-refractivity contribution in [2.75, 3.05) is 11.8 Å². The predicted octanol–water partition coefficient (Wildman–Crippen LogP) is 3.75. The summed E-state index contributed by atoms with van der Waals surface area (Å²) in [6.07, 6.45) is 0.117. The summed E-state index contributed by atoms with van der Waals surface area (Å²) in [6.45, 7) is 6.57. The van der Waals surface area contributed by atoms with E-state index in [-0.39, 0.29) is 33.9 Å². The molecule has 0 radical (unpaired) electrons. The first-order valence-corrected chi connectivity index (χ1v) is 11.7. The molecule has 0 bridgehead atoms. The predicted molar refractivity (Wildman–Crippen MR) is 123 cm³/mol. The number of benzene rings is 2. The molecule has 0 spiro atoms. The number of carbonyl (C=O) groups excluding carboxylic acids is 2. The number of fused-ring (bicyclic) bond motifs is 1. The van der Waals surface area contributed by atoms with E-state index in [2.05, 4.69) is 4.72 Å². The van der Waals surface area contributed by atoms with E-state index in [0.717, 1.165) is 4.73 Å². The summed E-state index contributed by atoms with van der Waals surface area (Å²) < 4.78 is 34.0. The first-order chi connectivity index (χ1) is 15.4. The van der Waals surface area contributed by atoms with Crippen molar-refractivity contribution in [1.29, 1.82) is 0 Å². The topological polar surface area (TPSA) is 124 Å². The van der Waals surface area contributed by atoms with Gasteiger partial charge in [0.15, 0.2) is 5.78 Å². The SMILES string of the molecule is CCC(=O)c1c(O)n(OC(=O)C(C)(C)C)c2cc(NS(=O)(=O)c3ccc(OC)cc3)ccc12. The summed E-state index contributed by atoms with van der Waals surface area (Å²) in [4.78, 5) is 30.3. The van der Waals surface area contributed by atoms with E-state index >= 15 is 0 Å². The largest absolute Gasteiger partial charge is 0.497 e. The third kappa shape index (κ3) is 4.80. The number of anilines is 1. The van der Waals surface area contributed by atoms with Gasteiger partial charge in [0.05, 0.1) is 34.2 Å². The Labute approximate surface area is 191 Å². The normalized spacial score (nSPS) is 11.9. The van der Waals surface area contributed by atoms with E-state index < -0.39 is 27.3 Å². The number of hydrogen-bond donors (Lipinski definition) is 2. The molecule has 176 valence electrons. The molecule has 1 heterocycles. The summed E-state index contributed by atoms with van der Waals surface area (Å²) in [6, 6.07) is 10.2. The summed E-state index contributed by atoms with van der Waals surface area (Å²) >= 11 is 0. The van der Waals surface area contributed by atoms with Gasteiger partial charge >= 0.3 is 5.97 Å². The first kappa shape index (κ1) is 24.1. The lowest BCUT2D eigenvalue weighted by Crippen LogP contribution is -2.31. The molecular weight excluding hydrogens is 448 g/mol. The Balaban J connectivity index is 2.09. The number of methoxy groups -OCH3 is 1. The van der Waals surface area contributed by atoms with Crippen molar-refractivity contribution in [2.24, 2.45) is 5.41 Å². The number of carbonyl (C=O) groups is 2. The van der Waals surface area contributed by atoms with E-state index in [9.17, 15) is 23.1 Å². The zero-order valence-corrected chi connectivity index (χ0v) is 19.8. The minimum Gasteiger partial charge on any atom is -0.497 e. The molecule has 1 aromatic heterocycles. The number of nitrogens with one attached hydrogen (secondary N) is 1. The monoisotopic (exact) mass is 474 g/mol. The van der Waals surface area contributed by atoms with E-state index in [4.69, 9.17) is 9.57 Å².